The number of likely N-dealkylation sites (tertiary alicyclic amines) is 1. The quantitative estimate of drug-likeness (QED) is 0.842. The fourth-order valence-electron chi connectivity index (χ4n) is 3.72. The van der Waals surface area contributed by atoms with Crippen LogP contribution in [0.3, 0.4) is 0 Å². The lowest BCUT2D eigenvalue weighted by molar-refractivity contribution is -0.119. The maximum atomic E-state index is 13.3. The number of carbonyl (C=O) groups excluding carboxylic acids is 1. The maximum Gasteiger partial charge on any atom is 0.226 e. The van der Waals surface area contributed by atoms with Gasteiger partial charge in [-0.25, -0.2) is 4.39 Å². The lowest BCUT2D eigenvalue weighted by atomic mass is 10.0. The number of halogens is 1. The van der Waals surface area contributed by atoms with Crippen molar-refractivity contribution in [1.82, 2.24) is 4.90 Å². The zero-order chi connectivity index (χ0) is 19.2. The Morgan fingerprint density at radius 1 is 1.15 bits per heavy atom. The molecule has 1 fully saturated rings. The van der Waals surface area contributed by atoms with Gasteiger partial charge in [-0.2, -0.15) is 0 Å². The van der Waals surface area contributed by atoms with E-state index in [1.54, 1.807) is 12.1 Å². The van der Waals surface area contributed by atoms with Gasteiger partial charge in [-0.1, -0.05) is 37.3 Å². The van der Waals surface area contributed by atoms with Crippen LogP contribution in [0.1, 0.15) is 37.9 Å². The molecule has 1 heterocycles. The smallest absolute Gasteiger partial charge is 0.226 e. The van der Waals surface area contributed by atoms with Crippen molar-refractivity contribution < 1.29 is 14.3 Å². The summed E-state index contributed by atoms with van der Waals surface area (Å²) < 4.78 is 13.3. The number of aliphatic hydroxyl groups is 1. The van der Waals surface area contributed by atoms with Gasteiger partial charge < -0.3 is 14.9 Å². The van der Waals surface area contributed by atoms with Gasteiger partial charge in [0.25, 0.3) is 0 Å². The second-order valence-corrected chi connectivity index (χ2v) is 7.05. The fraction of sp³-hybridized carbons (Fsp3) is 0.409. The van der Waals surface area contributed by atoms with Crippen LogP contribution in [0.2, 0.25) is 0 Å². The number of β-amino-alcohol motifs (C(OH)–C–C–N with tert-alkyl or cyclic N) is 1. The van der Waals surface area contributed by atoms with E-state index in [0.717, 1.165) is 37.2 Å². The molecule has 0 saturated carbocycles. The molecule has 0 spiro atoms. The van der Waals surface area contributed by atoms with Crippen LogP contribution in [0.15, 0.2) is 54.6 Å². The Kier molecular flexibility index (Phi) is 6.58. The molecule has 0 radical (unpaired) electrons. The van der Waals surface area contributed by atoms with Crippen LogP contribution >= 0.6 is 0 Å². The first-order valence-electron chi connectivity index (χ1n) is 9.61. The predicted octanol–water partition coefficient (Wildman–Crippen LogP) is 3.77. The van der Waals surface area contributed by atoms with Crippen LogP contribution < -0.4 is 4.90 Å². The van der Waals surface area contributed by atoms with Crippen LogP contribution in [0.5, 0.6) is 0 Å². The van der Waals surface area contributed by atoms with Gasteiger partial charge in [0.1, 0.15) is 5.82 Å². The number of anilines is 1. The van der Waals surface area contributed by atoms with Gasteiger partial charge in [0.15, 0.2) is 0 Å². The molecule has 2 aromatic carbocycles. The third-order valence-corrected chi connectivity index (χ3v) is 5.21. The van der Waals surface area contributed by atoms with Gasteiger partial charge in [-0.05, 0) is 42.7 Å². The van der Waals surface area contributed by atoms with Crippen LogP contribution in [0, 0.1) is 5.82 Å². The number of piperidine rings is 1. The zero-order valence-electron chi connectivity index (χ0n) is 15.7. The first kappa shape index (κ1) is 19.5. The number of benzene rings is 2. The van der Waals surface area contributed by atoms with E-state index in [1.165, 1.54) is 12.1 Å². The fourth-order valence-corrected chi connectivity index (χ4v) is 3.72. The van der Waals surface area contributed by atoms with Crippen molar-refractivity contribution in [3.63, 3.8) is 0 Å². The van der Waals surface area contributed by atoms with Gasteiger partial charge in [-0.15, -0.1) is 0 Å². The molecule has 0 bridgehead atoms. The Labute approximate surface area is 160 Å². The third-order valence-electron chi connectivity index (χ3n) is 5.21. The highest BCUT2D eigenvalue weighted by Crippen LogP contribution is 2.26. The van der Waals surface area contributed by atoms with Crippen molar-refractivity contribution in [2.24, 2.45) is 0 Å². The molecule has 2 aromatic rings. The molecule has 0 aliphatic carbocycles. The summed E-state index contributed by atoms with van der Waals surface area (Å²) in [6, 6.07) is 15.9. The maximum absolute atomic E-state index is 13.3. The minimum Gasteiger partial charge on any atom is -0.387 e. The van der Waals surface area contributed by atoms with E-state index in [9.17, 15) is 14.3 Å². The van der Waals surface area contributed by atoms with Gasteiger partial charge in [0.05, 0.1) is 6.10 Å². The highest BCUT2D eigenvalue weighted by atomic mass is 19.1. The highest BCUT2D eigenvalue weighted by molar-refractivity contribution is 5.93. The number of hydrogen-bond donors (Lipinski definition) is 1. The summed E-state index contributed by atoms with van der Waals surface area (Å²) in [4.78, 5) is 16.6. The summed E-state index contributed by atoms with van der Waals surface area (Å²) in [6.45, 7) is 4.09. The van der Waals surface area contributed by atoms with Crippen LogP contribution in [0.4, 0.5) is 10.1 Å². The molecule has 1 atom stereocenters. The summed E-state index contributed by atoms with van der Waals surface area (Å²) in [5, 5.41) is 10.4. The molecular formula is C22H27FN2O2. The molecule has 27 heavy (non-hydrogen) atoms. The van der Waals surface area contributed by atoms with Crippen LogP contribution in [-0.2, 0) is 4.79 Å². The van der Waals surface area contributed by atoms with Crippen molar-refractivity contribution in [3.05, 3.63) is 66.0 Å². The van der Waals surface area contributed by atoms with E-state index in [1.807, 2.05) is 42.2 Å². The average Bonchev–Trinajstić information content (AvgIpc) is 2.71. The minimum atomic E-state index is -0.506. The lowest BCUT2D eigenvalue weighted by Gasteiger charge is -2.39. The van der Waals surface area contributed by atoms with Crippen LogP contribution in [-0.4, -0.2) is 41.6 Å². The summed E-state index contributed by atoms with van der Waals surface area (Å²) in [7, 11) is 0. The van der Waals surface area contributed by atoms with E-state index in [0.29, 0.717) is 13.0 Å². The Morgan fingerprint density at radius 2 is 1.78 bits per heavy atom. The van der Waals surface area contributed by atoms with Crippen molar-refractivity contribution in [2.45, 2.75) is 38.3 Å². The van der Waals surface area contributed by atoms with Crippen molar-refractivity contribution in [1.29, 1.82) is 0 Å². The molecule has 1 aliphatic heterocycles. The van der Waals surface area contributed by atoms with E-state index >= 15 is 0 Å². The number of aliphatic hydroxyl groups excluding tert-OH is 1. The van der Waals surface area contributed by atoms with E-state index in [2.05, 4.69) is 4.90 Å². The molecule has 4 nitrogen and oxygen atoms in total. The molecule has 3 rings (SSSR count). The van der Waals surface area contributed by atoms with E-state index < -0.39 is 6.10 Å². The van der Waals surface area contributed by atoms with Crippen molar-refractivity contribution in [3.8, 4) is 0 Å². The normalized spacial score (nSPS) is 16.9. The minimum absolute atomic E-state index is 0.0596. The molecule has 0 aromatic heterocycles. The second-order valence-electron chi connectivity index (χ2n) is 7.05. The second kappa shape index (κ2) is 9.11. The van der Waals surface area contributed by atoms with Crippen LogP contribution in [0.25, 0.3) is 0 Å². The molecule has 1 N–H and O–H groups in total. The summed E-state index contributed by atoms with van der Waals surface area (Å²) in [6.07, 6.45) is 1.59. The number of nitrogens with zero attached hydrogens (tertiary/aromatic N) is 2. The predicted molar refractivity (Wildman–Crippen MR) is 105 cm³/mol. The van der Waals surface area contributed by atoms with Gasteiger partial charge in [-0.3, -0.25) is 4.79 Å². The molecule has 1 saturated heterocycles. The molecule has 1 aliphatic rings. The number of rotatable bonds is 6. The summed E-state index contributed by atoms with van der Waals surface area (Å²) in [5.41, 5.74) is 1.68. The Hall–Kier alpha value is -2.24. The molecule has 1 amide bonds. The number of hydrogen-bond acceptors (Lipinski definition) is 3. The summed E-state index contributed by atoms with van der Waals surface area (Å²) in [5.74, 6) is -0.239. The first-order valence-corrected chi connectivity index (χ1v) is 9.61. The average molecular weight is 370 g/mol. The van der Waals surface area contributed by atoms with Gasteiger partial charge >= 0.3 is 0 Å². The highest BCUT2D eigenvalue weighted by Gasteiger charge is 2.29. The number of amides is 1. The van der Waals surface area contributed by atoms with E-state index in [4.69, 9.17) is 0 Å². The monoisotopic (exact) mass is 370 g/mol. The molecular weight excluding hydrogens is 343 g/mol. The Morgan fingerprint density at radius 3 is 2.37 bits per heavy atom. The lowest BCUT2D eigenvalue weighted by Crippen LogP contribution is -2.48. The first-order chi connectivity index (χ1) is 13.1. The number of carbonyl (C=O) groups is 1. The summed E-state index contributed by atoms with van der Waals surface area (Å²) >= 11 is 0. The topological polar surface area (TPSA) is 43.8 Å². The Balaban J connectivity index is 1.62. The van der Waals surface area contributed by atoms with Gasteiger partial charge in [0.2, 0.25) is 5.91 Å². The van der Waals surface area contributed by atoms with Gasteiger partial charge in [0, 0.05) is 37.8 Å². The molecule has 1 unspecified atom stereocenters. The Bertz CT molecular complexity index is 728. The third kappa shape index (κ3) is 4.93. The van der Waals surface area contributed by atoms with E-state index in [-0.39, 0.29) is 17.8 Å². The SMILES string of the molecule is CCC(=O)N(c1ccc(F)cc1)C1CCN(CC(O)c2ccccc2)CC1. The standard InChI is InChI=1S/C22H27FN2O2/c1-2-22(27)25(19-10-8-18(23)9-11-19)20-12-14-24(15-13-20)16-21(26)17-6-4-3-5-7-17/h3-11,20-21,26H,2,12-16H2,1H3. The van der Waals surface area contributed by atoms with Crippen molar-refractivity contribution in [2.75, 3.05) is 24.5 Å². The molecule has 5 heteroatoms. The molecule has 144 valence electrons. The largest absolute Gasteiger partial charge is 0.387 e. The van der Waals surface area contributed by atoms with Crippen molar-refractivity contribution >= 4 is 11.6 Å². The zero-order valence-corrected chi connectivity index (χ0v) is 15.7.